The number of hydrogen-bond donors (Lipinski definition) is 2. The van der Waals surface area contributed by atoms with Crippen molar-refractivity contribution in [2.24, 2.45) is 11.3 Å². The molecule has 2 heteroatoms. The summed E-state index contributed by atoms with van der Waals surface area (Å²) in [6.45, 7) is 7.24. The Hall–Kier alpha value is -1.02. The summed E-state index contributed by atoms with van der Waals surface area (Å²) in [6, 6.07) is 8.65. The van der Waals surface area contributed by atoms with Crippen molar-refractivity contribution in [2.75, 3.05) is 5.32 Å². The zero-order chi connectivity index (χ0) is 14.6. The second-order valence-corrected chi connectivity index (χ2v) is 6.85. The molecule has 1 fully saturated rings. The molecule has 1 aliphatic carbocycles. The van der Waals surface area contributed by atoms with Crippen LogP contribution in [0.15, 0.2) is 24.3 Å². The maximum absolute atomic E-state index is 9.39. The van der Waals surface area contributed by atoms with Crippen LogP contribution in [0.2, 0.25) is 0 Å². The predicted octanol–water partition coefficient (Wildman–Crippen LogP) is 4.59. The molecule has 0 spiro atoms. The van der Waals surface area contributed by atoms with Crippen LogP contribution in [0.25, 0.3) is 0 Å². The SMILES string of the molecule is CCC(C)(C)C1CCC(Nc2ccccc2CO)CC1. The lowest BCUT2D eigenvalue weighted by Gasteiger charge is -2.39. The van der Waals surface area contributed by atoms with Crippen molar-refractivity contribution in [2.45, 2.75) is 65.5 Å². The third kappa shape index (κ3) is 3.54. The maximum Gasteiger partial charge on any atom is 0.0701 e. The third-order valence-electron chi connectivity index (χ3n) is 5.29. The minimum Gasteiger partial charge on any atom is -0.392 e. The number of para-hydroxylation sites is 1. The Kier molecular flexibility index (Phi) is 5.09. The standard InChI is InChI=1S/C18H29NO/c1-4-18(2,3)15-9-11-16(12-10-15)19-17-8-6-5-7-14(17)13-20/h5-8,15-16,19-20H,4,9-13H2,1-3H3. The van der Waals surface area contributed by atoms with Gasteiger partial charge < -0.3 is 10.4 Å². The van der Waals surface area contributed by atoms with Crippen LogP contribution in [-0.2, 0) is 6.61 Å². The van der Waals surface area contributed by atoms with Crippen molar-refractivity contribution in [3.05, 3.63) is 29.8 Å². The van der Waals surface area contributed by atoms with Crippen LogP contribution in [0.4, 0.5) is 5.69 Å². The van der Waals surface area contributed by atoms with Crippen molar-refractivity contribution >= 4 is 5.69 Å². The Bertz CT molecular complexity index is 419. The van der Waals surface area contributed by atoms with E-state index < -0.39 is 0 Å². The summed E-state index contributed by atoms with van der Waals surface area (Å²) in [6.07, 6.45) is 6.39. The average Bonchev–Trinajstić information content (AvgIpc) is 2.48. The molecule has 1 saturated carbocycles. The van der Waals surface area contributed by atoms with Crippen LogP contribution in [0, 0.1) is 11.3 Å². The number of nitrogens with one attached hydrogen (secondary N) is 1. The first-order valence-corrected chi connectivity index (χ1v) is 8.02. The number of rotatable bonds is 5. The molecule has 0 heterocycles. The first-order valence-electron chi connectivity index (χ1n) is 8.02. The molecular formula is C18H29NO. The third-order valence-corrected chi connectivity index (χ3v) is 5.29. The highest BCUT2D eigenvalue weighted by atomic mass is 16.3. The molecular weight excluding hydrogens is 246 g/mol. The molecule has 20 heavy (non-hydrogen) atoms. The summed E-state index contributed by atoms with van der Waals surface area (Å²) in [5.41, 5.74) is 2.59. The van der Waals surface area contributed by atoms with Crippen molar-refractivity contribution in [3.8, 4) is 0 Å². The van der Waals surface area contributed by atoms with Gasteiger partial charge in [-0.15, -0.1) is 0 Å². The molecule has 0 amide bonds. The summed E-state index contributed by atoms with van der Waals surface area (Å²) in [7, 11) is 0. The van der Waals surface area contributed by atoms with E-state index in [1.165, 1.54) is 32.1 Å². The summed E-state index contributed by atoms with van der Waals surface area (Å²) in [5.74, 6) is 0.860. The monoisotopic (exact) mass is 275 g/mol. The van der Waals surface area contributed by atoms with Crippen LogP contribution in [0.1, 0.15) is 58.4 Å². The van der Waals surface area contributed by atoms with Gasteiger partial charge in [-0.2, -0.15) is 0 Å². The van der Waals surface area contributed by atoms with Gasteiger partial charge in [0.2, 0.25) is 0 Å². The van der Waals surface area contributed by atoms with Crippen LogP contribution < -0.4 is 5.32 Å². The van der Waals surface area contributed by atoms with Crippen LogP contribution in [0.3, 0.4) is 0 Å². The molecule has 0 aliphatic heterocycles. The van der Waals surface area contributed by atoms with Crippen molar-refractivity contribution in [3.63, 3.8) is 0 Å². The Morgan fingerprint density at radius 2 is 1.80 bits per heavy atom. The minimum absolute atomic E-state index is 0.112. The summed E-state index contributed by atoms with van der Waals surface area (Å²) in [4.78, 5) is 0. The number of anilines is 1. The fourth-order valence-corrected chi connectivity index (χ4v) is 3.33. The average molecular weight is 275 g/mol. The summed E-state index contributed by atoms with van der Waals surface area (Å²) in [5, 5.41) is 13.0. The van der Waals surface area contributed by atoms with Gasteiger partial charge >= 0.3 is 0 Å². The quantitative estimate of drug-likeness (QED) is 0.824. The van der Waals surface area contributed by atoms with E-state index in [9.17, 15) is 5.11 Å². The van der Waals surface area contributed by atoms with Gasteiger partial charge in [-0.1, -0.05) is 45.4 Å². The van der Waals surface area contributed by atoms with E-state index >= 15 is 0 Å². The van der Waals surface area contributed by atoms with Gasteiger partial charge in [-0.25, -0.2) is 0 Å². The van der Waals surface area contributed by atoms with Crippen LogP contribution in [0.5, 0.6) is 0 Å². The van der Waals surface area contributed by atoms with E-state index in [1.807, 2.05) is 18.2 Å². The summed E-state index contributed by atoms with van der Waals surface area (Å²) >= 11 is 0. The topological polar surface area (TPSA) is 32.3 Å². The first kappa shape index (κ1) is 15.4. The number of hydrogen-bond acceptors (Lipinski definition) is 2. The smallest absolute Gasteiger partial charge is 0.0701 e. The fourth-order valence-electron chi connectivity index (χ4n) is 3.33. The van der Waals surface area contributed by atoms with Gasteiger partial charge in [0.05, 0.1) is 6.61 Å². The van der Waals surface area contributed by atoms with Crippen molar-refractivity contribution < 1.29 is 5.11 Å². The molecule has 1 aliphatic rings. The minimum atomic E-state index is 0.112. The van der Waals surface area contributed by atoms with Crippen molar-refractivity contribution in [1.29, 1.82) is 0 Å². The van der Waals surface area contributed by atoms with E-state index in [0.29, 0.717) is 11.5 Å². The Labute approximate surface area is 123 Å². The Morgan fingerprint density at radius 3 is 2.40 bits per heavy atom. The Morgan fingerprint density at radius 1 is 1.15 bits per heavy atom. The second kappa shape index (κ2) is 6.62. The molecule has 0 radical (unpaired) electrons. The highest BCUT2D eigenvalue weighted by Gasteiger charge is 2.31. The number of benzene rings is 1. The molecule has 0 unspecified atom stereocenters. The summed E-state index contributed by atoms with van der Waals surface area (Å²) < 4.78 is 0. The number of aliphatic hydroxyl groups excluding tert-OH is 1. The van der Waals surface area contributed by atoms with Crippen LogP contribution in [-0.4, -0.2) is 11.1 Å². The first-order chi connectivity index (χ1) is 9.56. The van der Waals surface area contributed by atoms with E-state index in [2.05, 4.69) is 32.2 Å². The van der Waals surface area contributed by atoms with E-state index in [-0.39, 0.29) is 6.61 Å². The van der Waals surface area contributed by atoms with Gasteiger partial charge in [-0.05, 0) is 43.1 Å². The molecule has 2 rings (SSSR count). The molecule has 112 valence electrons. The number of aliphatic hydroxyl groups is 1. The van der Waals surface area contributed by atoms with Crippen molar-refractivity contribution in [1.82, 2.24) is 0 Å². The predicted molar refractivity (Wildman–Crippen MR) is 85.8 cm³/mol. The van der Waals surface area contributed by atoms with Gasteiger partial charge in [0.1, 0.15) is 0 Å². The molecule has 0 bridgehead atoms. The highest BCUT2D eigenvalue weighted by Crippen LogP contribution is 2.41. The lowest BCUT2D eigenvalue weighted by atomic mass is 9.69. The molecule has 0 saturated heterocycles. The van der Waals surface area contributed by atoms with Crippen LogP contribution >= 0.6 is 0 Å². The van der Waals surface area contributed by atoms with E-state index in [1.54, 1.807) is 0 Å². The van der Waals surface area contributed by atoms with E-state index in [4.69, 9.17) is 0 Å². The molecule has 2 nitrogen and oxygen atoms in total. The molecule has 0 atom stereocenters. The van der Waals surface area contributed by atoms with Gasteiger partial charge in [0.15, 0.2) is 0 Å². The zero-order valence-corrected chi connectivity index (χ0v) is 13.2. The molecule has 0 aromatic heterocycles. The van der Waals surface area contributed by atoms with E-state index in [0.717, 1.165) is 17.2 Å². The largest absolute Gasteiger partial charge is 0.392 e. The normalized spacial score (nSPS) is 23.6. The lowest BCUT2D eigenvalue weighted by molar-refractivity contribution is 0.147. The zero-order valence-electron chi connectivity index (χ0n) is 13.2. The van der Waals surface area contributed by atoms with Gasteiger partial charge in [0, 0.05) is 17.3 Å². The molecule has 1 aromatic carbocycles. The second-order valence-electron chi connectivity index (χ2n) is 6.85. The van der Waals surface area contributed by atoms with Gasteiger partial charge in [-0.3, -0.25) is 0 Å². The fraction of sp³-hybridized carbons (Fsp3) is 0.667. The Balaban J connectivity index is 1.92. The molecule has 2 N–H and O–H groups in total. The highest BCUT2D eigenvalue weighted by molar-refractivity contribution is 5.51. The van der Waals surface area contributed by atoms with Gasteiger partial charge in [0.25, 0.3) is 0 Å². The maximum atomic E-state index is 9.39. The molecule has 1 aromatic rings. The lowest BCUT2D eigenvalue weighted by Crippen LogP contribution is -2.32.